The van der Waals surface area contributed by atoms with Crippen LogP contribution in [0.2, 0.25) is 0 Å². The molecule has 1 saturated heterocycles. The van der Waals surface area contributed by atoms with Crippen molar-refractivity contribution in [2.24, 2.45) is 5.92 Å². The van der Waals surface area contributed by atoms with E-state index in [1.807, 2.05) is 23.7 Å². The van der Waals surface area contributed by atoms with E-state index < -0.39 is 0 Å². The van der Waals surface area contributed by atoms with E-state index in [2.05, 4.69) is 49.9 Å². The number of amides is 1. The maximum Gasteiger partial charge on any atom is 0.228 e. The number of rotatable bonds is 6. The number of nitrogens with zero attached hydrogens (tertiary/aromatic N) is 5. The average Bonchev–Trinajstić information content (AvgIpc) is 3.64. The highest BCUT2D eigenvalue weighted by Crippen LogP contribution is 2.34. The van der Waals surface area contributed by atoms with Crippen LogP contribution in [0.3, 0.4) is 0 Å². The quantitative estimate of drug-likeness (QED) is 0.457. The first-order chi connectivity index (χ1) is 16.7. The van der Waals surface area contributed by atoms with Crippen molar-refractivity contribution in [2.75, 3.05) is 48.4 Å². The van der Waals surface area contributed by atoms with Crippen LogP contribution in [-0.4, -0.2) is 58.3 Å². The smallest absolute Gasteiger partial charge is 0.228 e. The van der Waals surface area contributed by atoms with Crippen LogP contribution in [0.25, 0.3) is 27.5 Å². The Morgan fingerprint density at radius 2 is 1.97 bits per heavy atom. The van der Waals surface area contributed by atoms with Gasteiger partial charge in [-0.15, -0.1) is 0 Å². The van der Waals surface area contributed by atoms with Gasteiger partial charge in [0.25, 0.3) is 0 Å². The third-order valence-electron chi connectivity index (χ3n) is 6.41. The molecular formula is C25H27N7O2. The van der Waals surface area contributed by atoms with Gasteiger partial charge in [0.05, 0.1) is 36.3 Å². The van der Waals surface area contributed by atoms with E-state index in [1.165, 1.54) is 0 Å². The first-order valence-electron chi connectivity index (χ1n) is 11.9. The molecule has 0 unspecified atom stereocenters. The monoisotopic (exact) mass is 457 g/mol. The van der Waals surface area contributed by atoms with Gasteiger partial charge in [-0.25, -0.2) is 14.5 Å². The van der Waals surface area contributed by atoms with Gasteiger partial charge in [0.1, 0.15) is 11.6 Å². The highest BCUT2D eigenvalue weighted by atomic mass is 16.5. The standard InChI is InChI=1S/C25H27N7O2/c1-2-26-24-21-14-27-23(29-25(33)16-3-4-16)12-19(21)20(13-28-24)22-11-17-5-6-18(15-32(17)30-22)31-7-9-34-10-8-31/h5-6,11-16H,2-4,7-10H2,1H3,(H,26,28)(H,27,29,33). The van der Waals surface area contributed by atoms with Crippen molar-refractivity contribution < 1.29 is 9.53 Å². The molecule has 4 aromatic heterocycles. The molecule has 4 aromatic rings. The molecule has 1 amide bonds. The largest absolute Gasteiger partial charge is 0.378 e. The summed E-state index contributed by atoms with van der Waals surface area (Å²) in [5.74, 6) is 1.48. The number of pyridine rings is 3. The van der Waals surface area contributed by atoms with Crippen LogP contribution in [0.1, 0.15) is 19.8 Å². The van der Waals surface area contributed by atoms with E-state index in [-0.39, 0.29) is 11.8 Å². The second kappa shape index (κ2) is 8.57. The third-order valence-corrected chi connectivity index (χ3v) is 6.41. The number of anilines is 3. The van der Waals surface area contributed by atoms with Crippen molar-refractivity contribution in [3.63, 3.8) is 0 Å². The van der Waals surface area contributed by atoms with Gasteiger partial charge in [0, 0.05) is 54.3 Å². The highest BCUT2D eigenvalue weighted by Gasteiger charge is 2.30. The van der Waals surface area contributed by atoms with Gasteiger partial charge >= 0.3 is 0 Å². The maximum absolute atomic E-state index is 12.3. The molecule has 9 nitrogen and oxygen atoms in total. The third kappa shape index (κ3) is 3.92. The molecule has 5 heterocycles. The molecule has 2 N–H and O–H groups in total. The van der Waals surface area contributed by atoms with E-state index in [0.29, 0.717) is 5.82 Å². The van der Waals surface area contributed by atoms with E-state index >= 15 is 0 Å². The fourth-order valence-electron chi connectivity index (χ4n) is 4.41. The van der Waals surface area contributed by atoms with Crippen LogP contribution in [0.5, 0.6) is 0 Å². The molecule has 174 valence electrons. The van der Waals surface area contributed by atoms with Gasteiger partial charge in [0.15, 0.2) is 0 Å². The van der Waals surface area contributed by atoms with Crippen molar-refractivity contribution in [1.29, 1.82) is 0 Å². The summed E-state index contributed by atoms with van der Waals surface area (Å²) in [5.41, 5.74) is 3.86. The molecular weight excluding hydrogens is 430 g/mol. The number of carbonyl (C=O) groups excluding carboxylic acids is 1. The van der Waals surface area contributed by atoms with E-state index in [9.17, 15) is 4.79 Å². The van der Waals surface area contributed by atoms with Crippen LogP contribution in [0.4, 0.5) is 17.3 Å². The summed E-state index contributed by atoms with van der Waals surface area (Å²) in [6.07, 6.45) is 7.59. The molecule has 0 bridgehead atoms. The number of ether oxygens (including phenoxy) is 1. The van der Waals surface area contributed by atoms with Crippen LogP contribution in [0, 0.1) is 5.92 Å². The number of carbonyl (C=O) groups is 1. The van der Waals surface area contributed by atoms with Gasteiger partial charge in [-0.3, -0.25) is 4.79 Å². The number of fused-ring (bicyclic) bond motifs is 2. The van der Waals surface area contributed by atoms with Gasteiger partial charge in [-0.05, 0) is 44.0 Å². The number of hydrogen-bond donors (Lipinski definition) is 2. The minimum Gasteiger partial charge on any atom is -0.378 e. The molecule has 9 heteroatoms. The zero-order valence-electron chi connectivity index (χ0n) is 19.1. The van der Waals surface area contributed by atoms with E-state index in [0.717, 1.165) is 84.7 Å². The fourth-order valence-corrected chi connectivity index (χ4v) is 4.41. The summed E-state index contributed by atoms with van der Waals surface area (Å²) >= 11 is 0. The van der Waals surface area contributed by atoms with Crippen molar-refractivity contribution in [3.8, 4) is 11.3 Å². The molecule has 2 aliphatic rings. The SMILES string of the molecule is CCNc1ncc(-c2cc3ccc(N4CCOCC4)cn3n2)c2cc(NC(=O)C3CC3)ncc12. The lowest BCUT2D eigenvalue weighted by Gasteiger charge is -2.28. The summed E-state index contributed by atoms with van der Waals surface area (Å²) in [6, 6.07) is 8.21. The first-order valence-corrected chi connectivity index (χ1v) is 11.9. The van der Waals surface area contributed by atoms with Gasteiger partial charge < -0.3 is 20.3 Å². The Kier molecular flexibility index (Phi) is 5.26. The van der Waals surface area contributed by atoms with Crippen LogP contribution in [-0.2, 0) is 9.53 Å². The number of hydrogen-bond acceptors (Lipinski definition) is 7. The van der Waals surface area contributed by atoms with Crippen LogP contribution >= 0.6 is 0 Å². The van der Waals surface area contributed by atoms with Gasteiger partial charge in [-0.2, -0.15) is 5.10 Å². The average molecular weight is 458 g/mol. The van der Waals surface area contributed by atoms with Gasteiger partial charge in [-0.1, -0.05) is 0 Å². The Morgan fingerprint density at radius 3 is 2.76 bits per heavy atom. The minimum atomic E-state index is 0.0396. The second-order valence-electron chi connectivity index (χ2n) is 8.82. The molecule has 0 radical (unpaired) electrons. The molecule has 0 spiro atoms. The van der Waals surface area contributed by atoms with E-state index in [1.54, 1.807) is 6.20 Å². The molecule has 6 rings (SSSR count). The van der Waals surface area contributed by atoms with Crippen LogP contribution in [0.15, 0.2) is 42.9 Å². The van der Waals surface area contributed by atoms with Crippen LogP contribution < -0.4 is 15.5 Å². The zero-order chi connectivity index (χ0) is 23.1. The summed E-state index contributed by atoms with van der Waals surface area (Å²) in [4.78, 5) is 23.8. The first kappa shape index (κ1) is 20.9. The molecule has 0 atom stereocenters. The number of morpholine rings is 1. The summed E-state index contributed by atoms with van der Waals surface area (Å²) in [7, 11) is 0. The number of aromatic nitrogens is 4. The summed E-state index contributed by atoms with van der Waals surface area (Å²) < 4.78 is 7.40. The van der Waals surface area contributed by atoms with Crippen molar-refractivity contribution in [2.45, 2.75) is 19.8 Å². The normalized spacial score (nSPS) is 16.2. The Hall–Kier alpha value is -3.72. The Labute approximate surface area is 197 Å². The molecule has 0 aromatic carbocycles. The fraction of sp³-hybridized carbons (Fsp3) is 0.360. The topological polar surface area (TPSA) is 96.7 Å². The summed E-state index contributed by atoms with van der Waals surface area (Å²) in [5, 5.41) is 13.0. The lowest BCUT2D eigenvalue weighted by atomic mass is 10.1. The highest BCUT2D eigenvalue weighted by molar-refractivity contribution is 6.03. The van der Waals surface area contributed by atoms with Crippen molar-refractivity contribution in [1.82, 2.24) is 19.6 Å². The lowest BCUT2D eigenvalue weighted by molar-refractivity contribution is -0.117. The molecule has 2 fully saturated rings. The molecule has 34 heavy (non-hydrogen) atoms. The van der Waals surface area contributed by atoms with E-state index in [4.69, 9.17) is 9.84 Å². The molecule has 1 saturated carbocycles. The van der Waals surface area contributed by atoms with Crippen molar-refractivity contribution >= 4 is 39.5 Å². The lowest BCUT2D eigenvalue weighted by Crippen LogP contribution is -2.36. The summed E-state index contributed by atoms with van der Waals surface area (Å²) in [6.45, 7) is 6.02. The Bertz CT molecular complexity index is 1370. The Balaban J connectivity index is 1.41. The van der Waals surface area contributed by atoms with Crippen molar-refractivity contribution in [3.05, 3.63) is 42.9 Å². The molecule has 1 aliphatic heterocycles. The second-order valence-corrected chi connectivity index (χ2v) is 8.82. The predicted molar refractivity (Wildman–Crippen MR) is 132 cm³/mol. The minimum absolute atomic E-state index is 0.0396. The Morgan fingerprint density at radius 1 is 1.12 bits per heavy atom. The zero-order valence-corrected chi connectivity index (χ0v) is 19.1. The number of nitrogens with one attached hydrogen (secondary N) is 2. The van der Waals surface area contributed by atoms with Gasteiger partial charge in [0.2, 0.25) is 5.91 Å². The molecule has 1 aliphatic carbocycles. The predicted octanol–water partition coefficient (Wildman–Crippen LogP) is 3.56. The maximum atomic E-state index is 12.3.